The first-order chi connectivity index (χ1) is 18.8. The van der Waals surface area contributed by atoms with Gasteiger partial charge in [0.25, 0.3) is 10.0 Å². The topological polar surface area (TPSA) is 77.0 Å². The summed E-state index contributed by atoms with van der Waals surface area (Å²) in [6, 6.07) is 25.4. The lowest BCUT2D eigenvalue weighted by Crippen LogP contribution is -2.39. The number of anilines is 2. The minimum absolute atomic E-state index is 0.000191. The van der Waals surface area contributed by atoms with Gasteiger partial charge in [-0.1, -0.05) is 68.7 Å². The molecule has 0 fully saturated rings. The van der Waals surface area contributed by atoms with Crippen molar-refractivity contribution in [3.63, 3.8) is 0 Å². The molecule has 0 aliphatic carbocycles. The molecule has 7 nitrogen and oxygen atoms in total. The standard InChI is InChI=1S/C30H37N5O2S2/c1-4-5-6-10-21-31-30(38)33-39(36,37)27-19-17-26(18-20-27)35-29(24-11-8-7-9-12-24)22-28(32-35)23-13-15-25(16-14-23)34(2)3/h7-9,11-20,29H,4-6,10,21-22H2,1-3H3,(H2,31,33,38). The van der Waals surface area contributed by atoms with Crippen LogP contribution in [-0.2, 0) is 10.0 Å². The number of rotatable bonds is 11. The molecule has 1 heterocycles. The zero-order chi connectivity index (χ0) is 27.8. The second-order valence-electron chi connectivity index (χ2n) is 9.88. The number of benzene rings is 3. The zero-order valence-corrected chi connectivity index (χ0v) is 24.4. The fourth-order valence-corrected chi connectivity index (χ4v) is 5.92. The van der Waals surface area contributed by atoms with Gasteiger partial charge in [0.1, 0.15) is 0 Å². The molecule has 2 N–H and O–H groups in total. The average molecular weight is 564 g/mol. The summed E-state index contributed by atoms with van der Waals surface area (Å²) < 4.78 is 28.3. The quantitative estimate of drug-likeness (QED) is 0.225. The second-order valence-corrected chi connectivity index (χ2v) is 12.0. The molecule has 0 radical (unpaired) electrons. The van der Waals surface area contributed by atoms with E-state index in [0.717, 1.165) is 60.3 Å². The highest BCUT2D eigenvalue weighted by atomic mass is 32.2. The summed E-state index contributed by atoms with van der Waals surface area (Å²) in [6.07, 6.45) is 5.08. The van der Waals surface area contributed by atoms with Crippen molar-refractivity contribution in [2.75, 3.05) is 30.5 Å². The lowest BCUT2D eigenvalue weighted by Gasteiger charge is -2.24. The summed E-state index contributed by atoms with van der Waals surface area (Å²) in [4.78, 5) is 2.22. The highest BCUT2D eigenvalue weighted by molar-refractivity contribution is 7.91. The maximum atomic E-state index is 12.9. The predicted molar refractivity (Wildman–Crippen MR) is 165 cm³/mol. The van der Waals surface area contributed by atoms with Gasteiger partial charge in [0.05, 0.1) is 22.3 Å². The molecule has 0 saturated carbocycles. The Morgan fingerprint density at radius 1 is 0.974 bits per heavy atom. The third-order valence-corrected chi connectivity index (χ3v) is 8.51. The van der Waals surface area contributed by atoms with Gasteiger partial charge in [-0.2, -0.15) is 5.10 Å². The Balaban J connectivity index is 1.52. The van der Waals surface area contributed by atoms with Crippen molar-refractivity contribution in [3.8, 4) is 0 Å². The van der Waals surface area contributed by atoms with E-state index in [2.05, 4.69) is 58.3 Å². The van der Waals surface area contributed by atoms with Crippen LogP contribution in [-0.4, -0.2) is 39.9 Å². The van der Waals surface area contributed by atoms with Gasteiger partial charge in [-0.3, -0.25) is 9.73 Å². The Kier molecular flexibility index (Phi) is 9.59. The lowest BCUT2D eigenvalue weighted by atomic mass is 9.98. The maximum absolute atomic E-state index is 12.9. The molecule has 1 unspecified atom stereocenters. The van der Waals surface area contributed by atoms with E-state index in [4.69, 9.17) is 17.3 Å². The number of hydrogen-bond acceptors (Lipinski definition) is 6. The number of hydrogen-bond donors (Lipinski definition) is 2. The van der Waals surface area contributed by atoms with Crippen LogP contribution in [0.5, 0.6) is 0 Å². The van der Waals surface area contributed by atoms with E-state index in [-0.39, 0.29) is 16.0 Å². The lowest BCUT2D eigenvalue weighted by molar-refractivity contribution is 0.591. The van der Waals surface area contributed by atoms with Crippen LogP contribution in [0.3, 0.4) is 0 Å². The summed E-state index contributed by atoms with van der Waals surface area (Å²) in [5, 5.41) is 10.1. The van der Waals surface area contributed by atoms with Crippen LogP contribution in [0, 0.1) is 0 Å². The van der Waals surface area contributed by atoms with Crippen molar-refractivity contribution in [3.05, 3.63) is 90.0 Å². The van der Waals surface area contributed by atoms with Crippen LogP contribution in [0.15, 0.2) is 88.9 Å². The molecule has 1 atom stereocenters. The highest BCUT2D eigenvalue weighted by Crippen LogP contribution is 2.37. The van der Waals surface area contributed by atoms with E-state index >= 15 is 0 Å². The summed E-state index contributed by atoms with van der Waals surface area (Å²) >= 11 is 5.21. The molecule has 3 aromatic carbocycles. The minimum atomic E-state index is -3.79. The Hall–Kier alpha value is -3.43. The Labute approximate surface area is 238 Å². The number of nitrogens with one attached hydrogen (secondary N) is 2. The highest BCUT2D eigenvalue weighted by Gasteiger charge is 2.30. The summed E-state index contributed by atoms with van der Waals surface area (Å²) in [5.41, 5.74) is 5.16. The van der Waals surface area contributed by atoms with Crippen molar-refractivity contribution in [1.29, 1.82) is 0 Å². The van der Waals surface area contributed by atoms with Gasteiger partial charge < -0.3 is 10.2 Å². The Morgan fingerprint density at radius 3 is 2.31 bits per heavy atom. The van der Waals surface area contributed by atoms with Crippen LogP contribution in [0.1, 0.15) is 56.2 Å². The van der Waals surface area contributed by atoms with Gasteiger partial charge >= 0.3 is 0 Å². The molecule has 0 amide bonds. The number of thiocarbonyl (C=S) groups is 1. The Morgan fingerprint density at radius 2 is 1.67 bits per heavy atom. The van der Waals surface area contributed by atoms with Gasteiger partial charge in [0, 0.05) is 32.7 Å². The van der Waals surface area contributed by atoms with Gasteiger partial charge in [-0.05, 0) is 66.2 Å². The fraction of sp³-hybridized carbons (Fsp3) is 0.333. The molecular formula is C30H37N5O2S2. The normalized spacial score (nSPS) is 15.1. The van der Waals surface area contributed by atoms with E-state index in [1.54, 1.807) is 24.3 Å². The molecular weight excluding hydrogens is 526 g/mol. The molecule has 3 aromatic rings. The smallest absolute Gasteiger partial charge is 0.263 e. The largest absolute Gasteiger partial charge is 0.378 e. The van der Waals surface area contributed by atoms with Crippen LogP contribution >= 0.6 is 12.2 Å². The third kappa shape index (κ3) is 7.36. The van der Waals surface area contributed by atoms with Crippen LogP contribution in [0.4, 0.5) is 11.4 Å². The molecule has 9 heteroatoms. The van der Waals surface area contributed by atoms with Crippen molar-refractivity contribution < 1.29 is 8.42 Å². The molecule has 1 aliphatic heterocycles. The summed E-state index contributed by atoms with van der Waals surface area (Å²) in [6.45, 7) is 2.80. The Bertz CT molecular complexity index is 1370. The van der Waals surface area contributed by atoms with Gasteiger partial charge in [-0.25, -0.2) is 8.42 Å². The SMILES string of the molecule is CCCCCCNC(=S)NS(=O)(=O)c1ccc(N2N=C(c3ccc(N(C)C)cc3)CC2c2ccccc2)cc1. The molecule has 1 aliphatic rings. The number of sulfonamides is 1. The van der Waals surface area contributed by atoms with E-state index in [1.165, 1.54) is 0 Å². The zero-order valence-electron chi connectivity index (χ0n) is 22.8. The van der Waals surface area contributed by atoms with Crippen molar-refractivity contribution >= 4 is 44.4 Å². The molecule has 0 saturated heterocycles. The number of nitrogens with zero attached hydrogens (tertiary/aromatic N) is 3. The van der Waals surface area contributed by atoms with E-state index < -0.39 is 10.0 Å². The summed E-state index contributed by atoms with van der Waals surface area (Å²) in [7, 11) is 0.253. The van der Waals surface area contributed by atoms with E-state index in [9.17, 15) is 8.42 Å². The van der Waals surface area contributed by atoms with Gasteiger partial charge in [0.15, 0.2) is 5.11 Å². The molecule has 206 valence electrons. The molecule has 0 aromatic heterocycles. The van der Waals surface area contributed by atoms with Crippen molar-refractivity contribution in [2.45, 2.75) is 50.0 Å². The van der Waals surface area contributed by atoms with Crippen LogP contribution in [0.25, 0.3) is 0 Å². The fourth-order valence-electron chi connectivity index (χ4n) is 4.56. The van der Waals surface area contributed by atoms with E-state index in [0.29, 0.717) is 6.54 Å². The average Bonchev–Trinajstić information content (AvgIpc) is 3.39. The molecule has 39 heavy (non-hydrogen) atoms. The second kappa shape index (κ2) is 13.1. The van der Waals surface area contributed by atoms with Gasteiger partial charge in [-0.15, -0.1) is 0 Å². The predicted octanol–water partition coefficient (Wildman–Crippen LogP) is 5.84. The first kappa shape index (κ1) is 28.6. The molecule has 0 spiro atoms. The first-order valence-corrected chi connectivity index (χ1v) is 15.3. The minimum Gasteiger partial charge on any atom is -0.378 e. The molecule has 0 bridgehead atoms. The van der Waals surface area contributed by atoms with E-state index in [1.807, 2.05) is 37.3 Å². The van der Waals surface area contributed by atoms with Gasteiger partial charge in [0.2, 0.25) is 0 Å². The van der Waals surface area contributed by atoms with Crippen molar-refractivity contribution in [1.82, 2.24) is 10.0 Å². The number of hydrazone groups is 1. The monoisotopic (exact) mass is 563 g/mol. The van der Waals surface area contributed by atoms with Crippen LogP contribution < -0.4 is 19.9 Å². The van der Waals surface area contributed by atoms with Crippen LogP contribution in [0.2, 0.25) is 0 Å². The summed E-state index contributed by atoms with van der Waals surface area (Å²) in [5.74, 6) is 0. The van der Waals surface area contributed by atoms with Crippen molar-refractivity contribution in [2.24, 2.45) is 5.10 Å². The third-order valence-electron chi connectivity index (χ3n) is 6.77. The molecule has 4 rings (SSSR count). The maximum Gasteiger partial charge on any atom is 0.263 e. The first-order valence-electron chi connectivity index (χ1n) is 13.4. The number of unbranched alkanes of at least 4 members (excludes halogenated alkanes) is 3.